The topological polar surface area (TPSA) is 30.5 Å². The molecule has 1 fully saturated rings. The largest absolute Gasteiger partial charge is 0.350 e. The van der Waals surface area contributed by atoms with Gasteiger partial charge in [0.25, 0.3) is 0 Å². The van der Waals surface area contributed by atoms with Gasteiger partial charge >= 0.3 is 0 Å². The van der Waals surface area contributed by atoms with Gasteiger partial charge in [-0.25, -0.2) is 0 Å². The highest BCUT2D eigenvalue weighted by Gasteiger charge is 2.22. The fraction of sp³-hybridized carbons (Fsp3) is 0.412. The standard InChI is InChI=1S/C17H21NO2/c1-2-18-16(12-17-19-9-10-20-17)15-8-7-13-5-3-4-6-14(13)11-15/h3-8,11,16-18H,2,9-10,12H2,1H3. The molecular formula is C17H21NO2. The quantitative estimate of drug-likeness (QED) is 0.905. The molecule has 0 amide bonds. The first-order valence-corrected chi connectivity index (χ1v) is 7.32. The second kappa shape index (κ2) is 6.35. The van der Waals surface area contributed by atoms with Crippen LogP contribution in [0.2, 0.25) is 0 Å². The minimum absolute atomic E-state index is 0.0782. The normalized spacial score (nSPS) is 17.6. The van der Waals surface area contributed by atoms with Crippen molar-refractivity contribution in [1.82, 2.24) is 5.32 Å². The molecular weight excluding hydrogens is 250 g/mol. The summed E-state index contributed by atoms with van der Waals surface area (Å²) in [5.74, 6) is 0. The summed E-state index contributed by atoms with van der Waals surface area (Å²) in [5.41, 5.74) is 1.30. The van der Waals surface area contributed by atoms with E-state index in [1.165, 1.54) is 16.3 Å². The summed E-state index contributed by atoms with van der Waals surface area (Å²) in [7, 11) is 0. The van der Waals surface area contributed by atoms with Gasteiger partial charge in [0.15, 0.2) is 6.29 Å². The van der Waals surface area contributed by atoms with Gasteiger partial charge in [-0.2, -0.15) is 0 Å². The zero-order chi connectivity index (χ0) is 13.8. The van der Waals surface area contributed by atoms with Crippen molar-refractivity contribution in [2.45, 2.75) is 25.7 Å². The molecule has 0 saturated carbocycles. The molecule has 1 heterocycles. The molecule has 1 unspecified atom stereocenters. The van der Waals surface area contributed by atoms with E-state index in [-0.39, 0.29) is 12.3 Å². The van der Waals surface area contributed by atoms with Gasteiger partial charge in [-0.15, -0.1) is 0 Å². The van der Waals surface area contributed by atoms with E-state index in [2.05, 4.69) is 54.7 Å². The fourth-order valence-electron chi connectivity index (χ4n) is 2.74. The summed E-state index contributed by atoms with van der Waals surface area (Å²) in [6.07, 6.45) is 0.775. The molecule has 0 radical (unpaired) electrons. The number of rotatable bonds is 5. The number of hydrogen-bond donors (Lipinski definition) is 1. The van der Waals surface area contributed by atoms with Gasteiger partial charge in [0.1, 0.15) is 0 Å². The zero-order valence-corrected chi connectivity index (χ0v) is 11.8. The summed E-state index contributed by atoms with van der Waals surface area (Å²) < 4.78 is 11.2. The molecule has 20 heavy (non-hydrogen) atoms. The number of fused-ring (bicyclic) bond motifs is 1. The second-order valence-electron chi connectivity index (χ2n) is 5.12. The maximum atomic E-state index is 5.58. The summed E-state index contributed by atoms with van der Waals surface area (Å²) in [4.78, 5) is 0. The lowest BCUT2D eigenvalue weighted by Gasteiger charge is -2.21. The Bertz CT molecular complexity index is 564. The van der Waals surface area contributed by atoms with Crippen LogP contribution < -0.4 is 5.32 Å². The molecule has 0 bridgehead atoms. The van der Waals surface area contributed by atoms with Gasteiger partial charge in [-0.1, -0.05) is 43.3 Å². The number of nitrogens with one attached hydrogen (secondary N) is 1. The summed E-state index contributed by atoms with van der Waals surface area (Å²) >= 11 is 0. The number of hydrogen-bond acceptors (Lipinski definition) is 3. The summed E-state index contributed by atoms with van der Waals surface area (Å²) in [5, 5.41) is 6.09. The van der Waals surface area contributed by atoms with Gasteiger partial charge in [0, 0.05) is 12.5 Å². The molecule has 1 N–H and O–H groups in total. The molecule has 0 aromatic heterocycles. The van der Waals surface area contributed by atoms with Crippen molar-refractivity contribution in [2.24, 2.45) is 0 Å². The van der Waals surface area contributed by atoms with Crippen molar-refractivity contribution in [3.8, 4) is 0 Å². The maximum absolute atomic E-state index is 5.58. The predicted octanol–water partition coefficient (Wildman–Crippen LogP) is 3.25. The monoisotopic (exact) mass is 271 g/mol. The third kappa shape index (κ3) is 3.01. The Kier molecular flexibility index (Phi) is 4.31. The Hall–Kier alpha value is -1.42. The summed E-state index contributed by atoms with van der Waals surface area (Å²) in [6.45, 7) is 4.48. The Balaban J connectivity index is 1.83. The van der Waals surface area contributed by atoms with Crippen molar-refractivity contribution in [3.63, 3.8) is 0 Å². The van der Waals surface area contributed by atoms with Crippen LogP contribution in [0.1, 0.15) is 24.9 Å². The molecule has 2 aromatic rings. The second-order valence-corrected chi connectivity index (χ2v) is 5.12. The number of benzene rings is 2. The molecule has 3 heteroatoms. The van der Waals surface area contributed by atoms with E-state index >= 15 is 0 Å². The minimum Gasteiger partial charge on any atom is -0.350 e. The van der Waals surface area contributed by atoms with Gasteiger partial charge in [-0.3, -0.25) is 0 Å². The molecule has 1 aliphatic heterocycles. The molecule has 0 aliphatic carbocycles. The van der Waals surface area contributed by atoms with Crippen molar-refractivity contribution >= 4 is 10.8 Å². The third-order valence-electron chi connectivity index (χ3n) is 3.75. The average molecular weight is 271 g/mol. The van der Waals surface area contributed by atoms with E-state index in [0.717, 1.165) is 13.0 Å². The molecule has 2 aromatic carbocycles. The first-order valence-electron chi connectivity index (χ1n) is 7.32. The lowest BCUT2D eigenvalue weighted by atomic mass is 9.99. The Morgan fingerprint density at radius 2 is 1.85 bits per heavy atom. The van der Waals surface area contributed by atoms with E-state index in [9.17, 15) is 0 Å². The first-order chi connectivity index (χ1) is 9.86. The predicted molar refractivity (Wildman–Crippen MR) is 80.7 cm³/mol. The highest BCUT2D eigenvalue weighted by atomic mass is 16.7. The Morgan fingerprint density at radius 1 is 1.10 bits per heavy atom. The van der Waals surface area contributed by atoms with Crippen molar-refractivity contribution in [3.05, 3.63) is 48.0 Å². The third-order valence-corrected chi connectivity index (χ3v) is 3.75. The molecule has 1 aliphatic rings. The first kappa shape index (κ1) is 13.6. The van der Waals surface area contributed by atoms with Crippen molar-refractivity contribution in [1.29, 1.82) is 0 Å². The van der Waals surface area contributed by atoms with E-state index < -0.39 is 0 Å². The van der Waals surface area contributed by atoms with Crippen LogP contribution >= 0.6 is 0 Å². The van der Waals surface area contributed by atoms with E-state index in [1.807, 2.05) is 0 Å². The van der Waals surface area contributed by atoms with Crippen LogP contribution in [0.3, 0.4) is 0 Å². The molecule has 106 valence electrons. The van der Waals surface area contributed by atoms with Crippen LogP contribution in [-0.4, -0.2) is 26.0 Å². The molecule has 3 nitrogen and oxygen atoms in total. The van der Waals surface area contributed by atoms with Crippen molar-refractivity contribution in [2.75, 3.05) is 19.8 Å². The van der Waals surface area contributed by atoms with Gasteiger partial charge < -0.3 is 14.8 Å². The van der Waals surface area contributed by atoms with Crippen LogP contribution in [0.25, 0.3) is 10.8 Å². The fourth-order valence-corrected chi connectivity index (χ4v) is 2.74. The smallest absolute Gasteiger partial charge is 0.159 e. The number of ether oxygens (including phenoxy) is 2. The van der Waals surface area contributed by atoms with E-state index in [4.69, 9.17) is 9.47 Å². The van der Waals surface area contributed by atoms with Crippen LogP contribution in [0.15, 0.2) is 42.5 Å². The zero-order valence-electron chi connectivity index (χ0n) is 11.8. The SMILES string of the molecule is CCNC(CC1OCCO1)c1ccc2ccccc2c1. The lowest BCUT2D eigenvalue weighted by molar-refractivity contribution is -0.0529. The average Bonchev–Trinajstić information content (AvgIpc) is 2.99. The van der Waals surface area contributed by atoms with Crippen molar-refractivity contribution < 1.29 is 9.47 Å². The Labute approximate surface area is 119 Å². The summed E-state index contributed by atoms with van der Waals surface area (Å²) in [6, 6.07) is 15.4. The maximum Gasteiger partial charge on any atom is 0.159 e. The Morgan fingerprint density at radius 3 is 2.60 bits per heavy atom. The van der Waals surface area contributed by atoms with E-state index in [1.54, 1.807) is 0 Å². The highest BCUT2D eigenvalue weighted by molar-refractivity contribution is 5.83. The molecule has 0 spiro atoms. The van der Waals surface area contributed by atoms with Gasteiger partial charge in [-0.05, 0) is 28.9 Å². The highest BCUT2D eigenvalue weighted by Crippen LogP contribution is 2.25. The molecule has 1 saturated heterocycles. The van der Waals surface area contributed by atoms with E-state index in [0.29, 0.717) is 13.2 Å². The molecule has 1 atom stereocenters. The van der Waals surface area contributed by atoms with Gasteiger partial charge in [0.05, 0.1) is 13.2 Å². The lowest BCUT2D eigenvalue weighted by Crippen LogP contribution is -2.25. The van der Waals surface area contributed by atoms with Gasteiger partial charge in [0.2, 0.25) is 0 Å². The van der Waals surface area contributed by atoms with Crippen LogP contribution in [0, 0.1) is 0 Å². The van der Waals surface area contributed by atoms with Crippen LogP contribution in [0.5, 0.6) is 0 Å². The van der Waals surface area contributed by atoms with Crippen LogP contribution in [0.4, 0.5) is 0 Å². The minimum atomic E-state index is -0.0782. The van der Waals surface area contributed by atoms with Crippen LogP contribution in [-0.2, 0) is 9.47 Å². The molecule has 3 rings (SSSR count).